The highest BCUT2D eigenvalue weighted by Gasteiger charge is 2.15. The molecule has 0 radical (unpaired) electrons. The molecule has 0 unspecified atom stereocenters. The molecule has 0 atom stereocenters. The molecule has 4 nitrogen and oxygen atoms in total. The summed E-state index contributed by atoms with van der Waals surface area (Å²) in [5, 5.41) is 6.26. The van der Waals surface area contributed by atoms with E-state index in [1.165, 1.54) is 0 Å². The lowest BCUT2D eigenvalue weighted by atomic mass is 10.3. The van der Waals surface area contributed by atoms with Gasteiger partial charge in [0.25, 0.3) is 0 Å². The van der Waals surface area contributed by atoms with E-state index in [0.717, 1.165) is 17.1 Å². The van der Waals surface area contributed by atoms with E-state index in [0.29, 0.717) is 12.3 Å². The van der Waals surface area contributed by atoms with Crippen LogP contribution in [0.25, 0.3) is 10.6 Å². The molecule has 0 spiro atoms. The molecule has 0 fully saturated rings. The van der Waals surface area contributed by atoms with E-state index in [1.807, 2.05) is 29.1 Å². The van der Waals surface area contributed by atoms with Crippen LogP contribution in [0.15, 0.2) is 23.6 Å². The molecule has 0 aliphatic rings. The molecule has 0 amide bonds. The zero-order chi connectivity index (χ0) is 12.3. The summed E-state index contributed by atoms with van der Waals surface area (Å²) >= 11 is 1.63. The first-order valence-electron chi connectivity index (χ1n) is 5.55. The number of aryl methyl sites for hydroxylation is 1. The van der Waals surface area contributed by atoms with Gasteiger partial charge in [0.2, 0.25) is 0 Å². The third-order valence-electron chi connectivity index (χ3n) is 2.34. The predicted octanol–water partition coefficient (Wildman–Crippen LogP) is 2.81. The molecule has 0 aliphatic carbocycles. The Labute approximate surface area is 104 Å². The Morgan fingerprint density at radius 1 is 1.53 bits per heavy atom. The Bertz CT molecular complexity index is 503. The predicted molar refractivity (Wildman–Crippen MR) is 67.2 cm³/mol. The number of aromatic nitrogens is 2. The van der Waals surface area contributed by atoms with Crippen LogP contribution in [0.2, 0.25) is 0 Å². The van der Waals surface area contributed by atoms with E-state index in [1.54, 1.807) is 24.3 Å². The second-order valence-electron chi connectivity index (χ2n) is 3.43. The second-order valence-corrected chi connectivity index (χ2v) is 4.38. The van der Waals surface area contributed by atoms with Crippen molar-refractivity contribution >= 4 is 17.3 Å². The van der Waals surface area contributed by atoms with Crippen molar-refractivity contribution in [3.8, 4) is 10.6 Å². The maximum atomic E-state index is 11.6. The van der Waals surface area contributed by atoms with E-state index in [2.05, 4.69) is 5.10 Å². The molecule has 0 N–H and O–H groups in total. The number of esters is 1. The van der Waals surface area contributed by atoms with Gasteiger partial charge in [0.15, 0.2) is 5.69 Å². The monoisotopic (exact) mass is 250 g/mol. The van der Waals surface area contributed by atoms with Gasteiger partial charge in [-0.05, 0) is 31.4 Å². The van der Waals surface area contributed by atoms with Crippen LogP contribution in [0.4, 0.5) is 0 Å². The number of thiophene rings is 1. The molecular weight excluding hydrogens is 236 g/mol. The summed E-state index contributed by atoms with van der Waals surface area (Å²) in [6, 6.07) is 5.78. The molecule has 0 aliphatic heterocycles. The van der Waals surface area contributed by atoms with Gasteiger partial charge < -0.3 is 4.74 Å². The van der Waals surface area contributed by atoms with Gasteiger partial charge >= 0.3 is 5.97 Å². The summed E-state index contributed by atoms with van der Waals surface area (Å²) in [6.07, 6.45) is 0. The second kappa shape index (κ2) is 5.14. The van der Waals surface area contributed by atoms with E-state index in [4.69, 9.17) is 4.74 Å². The smallest absolute Gasteiger partial charge is 0.358 e. The van der Waals surface area contributed by atoms with E-state index >= 15 is 0 Å². The summed E-state index contributed by atoms with van der Waals surface area (Å²) in [5.41, 5.74) is 1.34. The molecular formula is C12H14N2O2S. The van der Waals surface area contributed by atoms with Gasteiger partial charge in [-0.25, -0.2) is 4.79 Å². The van der Waals surface area contributed by atoms with Crippen molar-refractivity contribution in [1.29, 1.82) is 0 Å². The number of hydrogen-bond acceptors (Lipinski definition) is 4. The first-order valence-corrected chi connectivity index (χ1v) is 6.43. The normalized spacial score (nSPS) is 10.5. The van der Waals surface area contributed by atoms with Crippen LogP contribution in [0.5, 0.6) is 0 Å². The lowest BCUT2D eigenvalue weighted by Crippen LogP contribution is -2.06. The fourth-order valence-corrected chi connectivity index (χ4v) is 2.33. The third kappa shape index (κ3) is 2.39. The zero-order valence-electron chi connectivity index (χ0n) is 9.84. The minimum absolute atomic E-state index is 0.363. The van der Waals surface area contributed by atoms with Crippen LogP contribution in [-0.4, -0.2) is 22.4 Å². The van der Waals surface area contributed by atoms with Gasteiger partial charge in [0.1, 0.15) is 0 Å². The highest BCUT2D eigenvalue weighted by molar-refractivity contribution is 7.13. The maximum Gasteiger partial charge on any atom is 0.358 e. The summed E-state index contributed by atoms with van der Waals surface area (Å²) in [5.74, 6) is -0.363. The number of hydrogen-bond donors (Lipinski definition) is 0. The SMILES string of the molecule is CCOC(=O)c1cc(-c2cccs2)n(CC)n1. The maximum absolute atomic E-state index is 11.6. The largest absolute Gasteiger partial charge is 0.461 e. The van der Waals surface area contributed by atoms with Crippen LogP contribution in [0, 0.1) is 0 Å². The number of ether oxygens (including phenoxy) is 1. The van der Waals surface area contributed by atoms with Crippen molar-refractivity contribution in [2.75, 3.05) is 6.61 Å². The fraction of sp³-hybridized carbons (Fsp3) is 0.333. The summed E-state index contributed by atoms with van der Waals surface area (Å²) < 4.78 is 6.76. The lowest BCUT2D eigenvalue weighted by Gasteiger charge is -2.00. The zero-order valence-corrected chi connectivity index (χ0v) is 10.7. The molecule has 17 heavy (non-hydrogen) atoms. The molecule has 0 aromatic carbocycles. The molecule has 0 saturated carbocycles. The Morgan fingerprint density at radius 3 is 2.94 bits per heavy atom. The van der Waals surface area contributed by atoms with Crippen LogP contribution in [0.1, 0.15) is 24.3 Å². The van der Waals surface area contributed by atoms with Gasteiger partial charge in [-0.3, -0.25) is 4.68 Å². The van der Waals surface area contributed by atoms with Gasteiger partial charge in [-0.15, -0.1) is 11.3 Å². The van der Waals surface area contributed by atoms with Gasteiger partial charge in [0, 0.05) is 6.54 Å². The molecule has 90 valence electrons. The Morgan fingerprint density at radius 2 is 2.35 bits per heavy atom. The first-order chi connectivity index (χ1) is 8.26. The molecule has 2 heterocycles. The van der Waals surface area contributed by atoms with Crippen LogP contribution >= 0.6 is 11.3 Å². The molecule has 2 aromatic rings. The highest BCUT2D eigenvalue weighted by Crippen LogP contribution is 2.25. The molecule has 0 saturated heterocycles. The third-order valence-corrected chi connectivity index (χ3v) is 3.23. The molecule has 0 bridgehead atoms. The summed E-state index contributed by atoms with van der Waals surface area (Å²) in [6.45, 7) is 4.88. The first kappa shape index (κ1) is 11.9. The van der Waals surface area contributed by atoms with Crippen LogP contribution < -0.4 is 0 Å². The minimum atomic E-state index is -0.363. The van der Waals surface area contributed by atoms with Crippen molar-refractivity contribution in [1.82, 2.24) is 9.78 Å². The van der Waals surface area contributed by atoms with E-state index in [-0.39, 0.29) is 5.97 Å². The lowest BCUT2D eigenvalue weighted by molar-refractivity contribution is 0.0518. The Balaban J connectivity index is 2.36. The summed E-state index contributed by atoms with van der Waals surface area (Å²) in [7, 11) is 0. The molecule has 2 aromatic heterocycles. The fourth-order valence-electron chi connectivity index (χ4n) is 1.59. The minimum Gasteiger partial charge on any atom is -0.461 e. The van der Waals surface area contributed by atoms with Crippen molar-refractivity contribution < 1.29 is 9.53 Å². The molecule has 5 heteroatoms. The van der Waals surface area contributed by atoms with Gasteiger partial charge in [-0.2, -0.15) is 5.10 Å². The van der Waals surface area contributed by atoms with Gasteiger partial charge in [-0.1, -0.05) is 6.07 Å². The van der Waals surface area contributed by atoms with Gasteiger partial charge in [0.05, 0.1) is 17.2 Å². The molecule has 2 rings (SSSR count). The van der Waals surface area contributed by atoms with Crippen molar-refractivity contribution in [3.05, 3.63) is 29.3 Å². The van der Waals surface area contributed by atoms with E-state index in [9.17, 15) is 4.79 Å². The van der Waals surface area contributed by atoms with Crippen LogP contribution in [0.3, 0.4) is 0 Å². The number of carbonyl (C=O) groups is 1. The Kier molecular flexibility index (Phi) is 3.58. The number of nitrogens with zero attached hydrogens (tertiary/aromatic N) is 2. The standard InChI is InChI=1S/C12H14N2O2S/c1-3-14-10(11-6-5-7-17-11)8-9(13-14)12(15)16-4-2/h5-8H,3-4H2,1-2H3. The number of carbonyl (C=O) groups excluding carboxylic acids is 1. The topological polar surface area (TPSA) is 44.1 Å². The average molecular weight is 250 g/mol. The van der Waals surface area contributed by atoms with Crippen LogP contribution in [-0.2, 0) is 11.3 Å². The Hall–Kier alpha value is -1.62. The van der Waals surface area contributed by atoms with Crippen molar-refractivity contribution in [2.24, 2.45) is 0 Å². The quantitative estimate of drug-likeness (QED) is 0.784. The average Bonchev–Trinajstić information content (AvgIpc) is 2.97. The van der Waals surface area contributed by atoms with E-state index < -0.39 is 0 Å². The summed E-state index contributed by atoms with van der Waals surface area (Å²) in [4.78, 5) is 12.7. The highest BCUT2D eigenvalue weighted by atomic mass is 32.1. The van der Waals surface area contributed by atoms with Crippen molar-refractivity contribution in [3.63, 3.8) is 0 Å². The van der Waals surface area contributed by atoms with Crippen molar-refractivity contribution in [2.45, 2.75) is 20.4 Å². The number of rotatable bonds is 4.